The predicted molar refractivity (Wildman–Crippen MR) is 107 cm³/mol. The fourth-order valence-corrected chi connectivity index (χ4v) is 3.72. The number of nitrogens with one attached hydrogen (secondary N) is 3. The topological polar surface area (TPSA) is 71.6 Å². The van der Waals surface area contributed by atoms with Gasteiger partial charge in [-0.15, -0.1) is 0 Å². The van der Waals surface area contributed by atoms with Gasteiger partial charge in [0, 0.05) is 11.6 Å². The monoisotopic (exact) mass is 399 g/mol. The smallest absolute Gasteiger partial charge is 0.269 e. The Morgan fingerprint density at radius 3 is 2.58 bits per heavy atom. The molecule has 1 fully saturated rings. The summed E-state index contributed by atoms with van der Waals surface area (Å²) in [4.78, 5) is 12.4. The first-order valence-electron chi connectivity index (χ1n) is 8.65. The summed E-state index contributed by atoms with van der Waals surface area (Å²) in [6.07, 6.45) is 3.51. The minimum Gasteiger partial charge on any atom is -0.493 e. The van der Waals surface area contributed by atoms with Gasteiger partial charge in [0.05, 0.1) is 19.2 Å². The number of ether oxygens (including phenoxy) is 2. The summed E-state index contributed by atoms with van der Waals surface area (Å²) in [5, 5.41) is 3.99. The van der Waals surface area contributed by atoms with E-state index in [1.54, 1.807) is 6.07 Å². The molecule has 0 heterocycles. The van der Waals surface area contributed by atoms with E-state index in [1.165, 1.54) is 33.1 Å². The number of halogens is 1. The van der Waals surface area contributed by atoms with Crippen molar-refractivity contribution in [1.29, 1.82) is 0 Å². The van der Waals surface area contributed by atoms with Crippen LogP contribution in [0.1, 0.15) is 43.5 Å². The number of thiocarbonyl (C=S) groups is 1. The summed E-state index contributed by atoms with van der Waals surface area (Å²) in [6, 6.07) is 3.39. The normalized spacial score (nSPS) is 22.3. The highest BCUT2D eigenvalue weighted by Gasteiger charge is 2.27. The summed E-state index contributed by atoms with van der Waals surface area (Å²) in [5.41, 5.74) is 5.67. The molecule has 0 bridgehead atoms. The maximum absolute atomic E-state index is 12.4. The van der Waals surface area contributed by atoms with E-state index in [0.29, 0.717) is 45.1 Å². The van der Waals surface area contributed by atoms with Crippen LogP contribution in [0.5, 0.6) is 11.5 Å². The minimum absolute atomic E-state index is 0.294. The van der Waals surface area contributed by atoms with E-state index in [9.17, 15) is 4.79 Å². The molecule has 0 unspecified atom stereocenters. The second kappa shape index (κ2) is 9.28. The molecule has 1 amide bonds. The number of amides is 1. The molecule has 2 rings (SSSR count). The van der Waals surface area contributed by atoms with Gasteiger partial charge in [0.2, 0.25) is 0 Å². The van der Waals surface area contributed by atoms with Crippen LogP contribution >= 0.6 is 23.8 Å². The molecule has 1 aromatic rings. The second-order valence-electron chi connectivity index (χ2n) is 6.62. The Labute approximate surface area is 164 Å². The Bertz CT molecular complexity index is 671. The third-order valence-electron chi connectivity index (χ3n) is 5.01. The molecule has 0 radical (unpaired) electrons. The molecule has 144 valence electrons. The molecule has 3 atom stereocenters. The summed E-state index contributed by atoms with van der Waals surface area (Å²) < 4.78 is 10.4. The highest BCUT2D eigenvalue weighted by atomic mass is 35.5. The number of rotatable bonds is 4. The van der Waals surface area contributed by atoms with Crippen molar-refractivity contribution in [1.82, 2.24) is 16.2 Å². The van der Waals surface area contributed by atoms with Crippen molar-refractivity contribution >= 4 is 34.8 Å². The first-order valence-corrected chi connectivity index (χ1v) is 9.44. The Balaban J connectivity index is 1.94. The van der Waals surface area contributed by atoms with Gasteiger partial charge in [-0.3, -0.25) is 15.6 Å². The maximum atomic E-state index is 12.4. The minimum atomic E-state index is -0.373. The number of carbonyl (C=O) groups is 1. The van der Waals surface area contributed by atoms with E-state index < -0.39 is 0 Å². The molecule has 0 aromatic heterocycles. The Kier molecular flexibility index (Phi) is 7.34. The van der Waals surface area contributed by atoms with Crippen LogP contribution in [0.15, 0.2) is 12.1 Å². The van der Waals surface area contributed by atoms with Crippen molar-refractivity contribution in [2.75, 3.05) is 14.2 Å². The zero-order chi connectivity index (χ0) is 19.3. The number of hydrogen-bond donors (Lipinski definition) is 3. The van der Waals surface area contributed by atoms with Crippen LogP contribution in [0.2, 0.25) is 5.02 Å². The van der Waals surface area contributed by atoms with Crippen molar-refractivity contribution in [3.63, 3.8) is 0 Å². The van der Waals surface area contributed by atoms with Gasteiger partial charge >= 0.3 is 0 Å². The molecular weight excluding hydrogens is 374 g/mol. The zero-order valence-corrected chi connectivity index (χ0v) is 17.1. The largest absolute Gasteiger partial charge is 0.493 e. The van der Waals surface area contributed by atoms with E-state index in [0.717, 1.165) is 6.42 Å². The molecule has 6 nitrogen and oxygen atoms in total. The number of carbonyl (C=O) groups excluding carboxylic acids is 1. The van der Waals surface area contributed by atoms with Gasteiger partial charge in [-0.1, -0.05) is 38.3 Å². The van der Waals surface area contributed by atoms with Crippen molar-refractivity contribution in [3.05, 3.63) is 22.7 Å². The van der Waals surface area contributed by atoms with Crippen LogP contribution in [-0.2, 0) is 0 Å². The number of hydrogen-bond acceptors (Lipinski definition) is 4. The predicted octanol–water partition coefficient (Wildman–Crippen LogP) is 3.29. The second-order valence-corrected chi connectivity index (χ2v) is 7.44. The van der Waals surface area contributed by atoms with E-state index in [1.807, 2.05) is 0 Å². The maximum Gasteiger partial charge on any atom is 0.269 e. The number of hydrazine groups is 1. The lowest BCUT2D eigenvalue weighted by Gasteiger charge is -2.35. The van der Waals surface area contributed by atoms with Crippen molar-refractivity contribution in [2.24, 2.45) is 11.8 Å². The first kappa shape index (κ1) is 20.6. The van der Waals surface area contributed by atoms with Crippen LogP contribution < -0.4 is 25.6 Å². The fourth-order valence-electron chi connectivity index (χ4n) is 3.22. The highest BCUT2D eigenvalue weighted by molar-refractivity contribution is 7.80. The first-order chi connectivity index (χ1) is 12.4. The van der Waals surface area contributed by atoms with Gasteiger partial charge in [0.25, 0.3) is 5.91 Å². The van der Waals surface area contributed by atoms with E-state index in [-0.39, 0.29) is 5.91 Å². The lowest BCUT2D eigenvalue weighted by atomic mass is 9.78. The average Bonchev–Trinajstić information content (AvgIpc) is 2.62. The SMILES string of the molecule is COc1cc(C(=O)NNC(=S)N[C@@H]2CCC[C@H](C)[C@H]2C)cc(Cl)c1OC. The fraction of sp³-hybridized carbons (Fsp3) is 0.556. The summed E-state index contributed by atoms with van der Waals surface area (Å²) in [6.45, 7) is 4.49. The molecule has 1 aliphatic carbocycles. The van der Waals surface area contributed by atoms with Crippen LogP contribution in [-0.4, -0.2) is 31.3 Å². The molecule has 26 heavy (non-hydrogen) atoms. The van der Waals surface area contributed by atoms with E-state index >= 15 is 0 Å². The lowest BCUT2D eigenvalue weighted by molar-refractivity contribution is 0.0942. The van der Waals surface area contributed by atoms with Crippen molar-refractivity contribution in [3.8, 4) is 11.5 Å². The van der Waals surface area contributed by atoms with Crippen LogP contribution in [0.3, 0.4) is 0 Å². The molecule has 8 heteroatoms. The van der Waals surface area contributed by atoms with Crippen LogP contribution in [0.4, 0.5) is 0 Å². The molecule has 1 aromatic carbocycles. The zero-order valence-electron chi connectivity index (χ0n) is 15.5. The van der Waals surface area contributed by atoms with Crippen molar-refractivity contribution < 1.29 is 14.3 Å². The molecule has 0 spiro atoms. The quantitative estimate of drug-likeness (QED) is 0.533. The summed E-state index contributed by atoms with van der Waals surface area (Å²) in [5.74, 6) is 1.59. The third kappa shape index (κ3) is 4.92. The highest BCUT2D eigenvalue weighted by Crippen LogP contribution is 2.36. The standard InChI is InChI=1S/C18H26ClN3O3S/c1-10-6-5-7-14(11(10)2)20-18(26)22-21-17(23)12-8-13(19)16(25-4)15(9-12)24-3/h8-11,14H,5-7H2,1-4H3,(H,21,23)(H2,20,22,26)/t10-,11+,14+/m0/s1. The van der Waals surface area contributed by atoms with Crippen LogP contribution in [0, 0.1) is 11.8 Å². The van der Waals surface area contributed by atoms with Gasteiger partial charge in [0.1, 0.15) is 0 Å². The van der Waals surface area contributed by atoms with Gasteiger partial charge in [-0.05, 0) is 42.6 Å². The Morgan fingerprint density at radius 2 is 1.92 bits per heavy atom. The molecule has 1 saturated carbocycles. The van der Waals surface area contributed by atoms with E-state index in [2.05, 4.69) is 30.0 Å². The van der Waals surface area contributed by atoms with E-state index in [4.69, 9.17) is 33.3 Å². The van der Waals surface area contributed by atoms with Crippen molar-refractivity contribution in [2.45, 2.75) is 39.2 Å². The van der Waals surface area contributed by atoms with Gasteiger partial charge in [-0.2, -0.15) is 0 Å². The third-order valence-corrected chi connectivity index (χ3v) is 5.51. The molecule has 1 aliphatic rings. The van der Waals surface area contributed by atoms with Crippen LogP contribution in [0.25, 0.3) is 0 Å². The average molecular weight is 400 g/mol. The number of methoxy groups -OCH3 is 2. The summed E-state index contributed by atoms with van der Waals surface area (Å²) >= 11 is 11.4. The van der Waals surface area contributed by atoms with Gasteiger partial charge < -0.3 is 14.8 Å². The molecule has 0 saturated heterocycles. The molecule has 0 aliphatic heterocycles. The lowest BCUT2D eigenvalue weighted by Crippen LogP contribution is -2.52. The Hall–Kier alpha value is -1.73. The van der Waals surface area contributed by atoms with Gasteiger partial charge in [0.15, 0.2) is 16.6 Å². The molecular formula is C18H26ClN3O3S. The molecule has 3 N–H and O–H groups in total. The van der Waals surface area contributed by atoms with Gasteiger partial charge in [-0.25, -0.2) is 0 Å². The number of benzene rings is 1. The summed E-state index contributed by atoms with van der Waals surface area (Å²) in [7, 11) is 2.97. The Morgan fingerprint density at radius 1 is 1.19 bits per heavy atom.